The highest BCUT2D eigenvalue weighted by Crippen LogP contribution is 2.31. The second-order valence-electron chi connectivity index (χ2n) is 7.61. The van der Waals surface area contributed by atoms with Crippen LogP contribution in [0, 0.1) is 0 Å². The molecule has 2 aromatic heterocycles. The zero-order valence-corrected chi connectivity index (χ0v) is 15.4. The summed E-state index contributed by atoms with van der Waals surface area (Å²) in [4.78, 5) is 21.2. The van der Waals surface area contributed by atoms with E-state index in [1.807, 2.05) is 29.3 Å². The SMILES string of the molecule is CC1CC(N2CCCC2)CN1C(=O)c1cccc2c(-c3nn[nH]n3)c[nH]c12. The number of carbonyl (C=O) groups is 1. The molecular weight excluding hydrogens is 342 g/mol. The third-order valence-corrected chi connectivity index (χ3v) is 6.00. The third kappa shape index (κ3) is 2.71. The van der Waals surface area contributed by atoms with Crippen molar-refractivity contribution >= 4 is 16.8 Å². The van der Waals surface area contributed by atoms with Crippen molar-refractivity contribution in [2.45, 2.75) is 38.3 Å². The molecule has 2 N–H and O–H groups in total. The van der Waals surface area contributed by atoms with Gasteiger partial charge in [0.25, 0.3) is 5.91 Å². The Kier molecular flexibility index (Phi) is 3.93. The molecule has 2 aliphatic rings. The molecule has 5 rings (SSSR count). The van der Waals surface area contributed by atoms with Gasteiger partial charge in [-0.3, -0.25) is 9.69 Å². The van der Waals surface area contributed by atoms with Crippen molar-refractivity contribution < 1.29 is 4.79 Å². The summed E-state index contributed by atoms with van der Waals surface area (Å²) in [5.74, 6) is 0.616. The van der Waals surface area contributed by atoms with E-state index in [1.165, 1.54) is 25.9 Å². The highest BCUT2D eigenvalue weighted by atomic mass is 16.2. The molecule has 2 aliphatic heterocycles. The molecule has 1 aromatic carbocycles. The lowest BCUT2D eigenvalue weighted by Gasteiger charge is -2.24. The number of likely N-dealkylation sites (tertiary alicyclic amines) is 2. The van der Waals surface area contributed by atoms with Gasteiger partial charge in [-0.25, -0.2) is 0 Å². The van der Waals surface area contributed by atoms with E-state index in [1.54, 1.807) is 0 Å². The number of hydrogen-bond acceptors (Lipinski definition) is 5. The van der Waals surface area contributed by atoms with E-state index in [4.69, 9.17) is 0 Å². The number of aromatic nitrogens is 5. The fourth-order valence-electron chi connectivity index (χ4n) is 4.61. The average molecular weight is 365 g/mol. The van der Waals surface area contributed by atoms with Crippen LogP contribution >= 0.6 is 0 Å². The number of benzene rings is 1. The van der Waals surface area contributed by atoms with Crippen molar-refractivity contribution in [3.05, 3.63) is 30.0 Å². The number of H-pyrrole nitrogens is 2. The molecule has 8 heteroatoms. The molecule has 2 saturated heterocycles. The van der Waals surface area contributed by atoms with E-state index in [-0.39, 0.29) is 11.9 Å². The first-order valence-corrected chi connectivity index (χ1v) is 9.61. The number of tetrazole rings is 1. The minimum atomic E-state index is 0.0938. The molecule has 140 valence electrons. The van der Waals surface area contributed by atoms with Gasteiger partial charge in [-0.1, -0.05) is 12.1 Å². The van der Waals surface area contributed by atoms with Crippen molar-refractivity contribution in [1.29, 1.82) is 0 Å². The van der Waals surface area contributed by atoms with E-state index < -0.39 is 0 Å². The molecule has 0 spiro atoms. The van der Waals surface area contributed by atoms with Crippen LogP contribution in [0.2, 0.25) is 0 Å². The van der Waals surface area contributed by atoms with Crippen molar-refractivity contribution in [1.82, 2.24) is 35.4 Å². The zero-order chi connectivity index (χ0) is 18.4. The number of fused-ring (bicyclic) bond motifs is 1. The van der Waals surface area contributed by atoms with Gasteiger partial charge in [0.2, 0.25) is 5.82 Å². The molecule has 27 heavy (non-hydrogen) atoms. The Labute approximate surface area is 156 Å². The van der Waals surface area contributed by atoms with Crippen LogP contribution in [0.25, 0.3) is 22.3 Å². The largest absolute Gasteiger partial charge is 0.360 e. The Bertz CT molecular complexity index is 958. The molecule has 3 aromatic rings. The first kappa shape index (κ1) is 16.4. The van der Waals surface area contributed by atoms with Gasteiger partial charge in [-0.15, -0.1) is 10.2 Å². The van der Waals surface area contributed by atoms with E-state index in [0.717, 1.165) is 29.4 Å². The number of hydrogen-bond donors (Lipinski definition) is 2. The van der Waals surface area contributed by atoms with Gasteiger partial charge in [0, 0.05) is 35.8 Å². The summed E-state index contributed by atoms with van der Waals surface area (Å²) in [7, 11) is 0. The predicted octanol–water partition coefficient (Wildman–Crippen LogP) is 2.05. The minimum Gasteiger partial charge on any atom is -0.360 e. The van der Waals surface area contributed by atoms with Gasteiger partial charge in [0.05, 0.1) is 11.1 Å². The highest BCUT2D eigenvalue weighted by molar-refractivity contribution is 6.09. The van der Waals surface area contributed by atoms with E-state index in [2.05, 4.69) is 37.4 Å². The Morgan fingerprint density at radius 1 is 1.26 bits per heavy atom. The van der Waals surface area contributed by atoms with E-state index in [9.17, 15) is 4.79 Å². The lowest BCUT2D eigenvalue weighted by molar-refractivity contribution is 0.0739. The second kappa shape index (κ2) is 6.45. The Morgan fingerprint density at radius 2 is 2.11 bits per heavy atom. The van der Waals surface area contributed by atoms with Gasteiger partial charge in [0.15, 0.2) is 0 Å². The van der Waals surface area contributed by atoms with Crippen LogP contribution in [0.3, 0.4) is 0 Å². The Hall–Kier alpha value is -2.74. The van der Waals surface area contributed by atoms with Crippen molar-refractivity contribution in [2.24, 2.45) is 0 Å². The van der Waals surface area contributed by atoms with E-state index >= 15 is 0 Å². The van der Waals surface area contributed by atoms with Crippen LogP contribution in [-0.4, -0.2) is 73.0 Å². The van der Waals surface area contributed by atoms with Crippen LogP contribution in [0.5, 0.6) is 0 Å². The predicted molar refractivity (Wildman–Crippen MR) is 101 cm³/mol. The average Bonchev–Trinajstić information content (AvgIpc) is 3.45. The molecule has 2 fully saturated rings. The van der Waals surface area contributed by atoms with Gasteiger partial charge >= 0.3 is 0 Å². The maximum absolute atomic E-state index is 13.4. The monoisotopic (exact) mass is 365 g/mol. The van der Waals surface area contributed by atoms with Crippen molar-refractivity contribution in [3.8, 4) is 11.4 Å². The lowest BCUT2D eigenvalue weighted by atomic mass is 10.1. The number of rotatable bonds is 3. The molecule has 0 aliphatic carbocycles. The van der Waals surface area contributed by atoms with Crippen molar-refractivity contribution in [3.63, 3.8) is 0 Å². The number of amides is 1. The maximum Gasteiger partial charge on any atom is 0.256 e. The van der Waals surface area contributed by atoms with Crippen LogP contribution < -0.4 is 0 Å². The summed E-state index contributed by atoms with van der Waals surface area (Å²) in [5.41, 5.74) is 2.38. The summed E-state index contributed by atoms with van der Waals surface area (Å²) < 4.78 is 0. The summed E-state index contributed by atoms with van der Waals surface area (Å²) in [6, 6.07) is 6.55. The van der Waals surface area contributed by atoms with Crippen molar-refractivity contribution in [2.75, 3.05) is 19.6 Å². The highest BCUT2D eigenvalue weighted by Gasteiger charge is 2.37. The topological polar surface area (TPSA) is 93.8 Å². The molecule has 0 bridgehead atoms. The molecule has 0 saturated carbocycles. The molecular formula is C19H23N7O. The summed E-state index contributed by atoms with van der Waals surface area (Å²) in [6.45, 7) is 5.31. The number of carbonyl (C=O) groups excluding carboxylic acids is 1. The molecule has 0 radical (unpaired) electrons. The number of para-hydroxylation sites is 1. The normalized spacial score (nSPS) is 23.5. The van der Waals surface area contributed by atoms with Gasteiger partial charge in [-0.2, -0.15) is 5.21 Å². The molecule has 1 amide bonds. The van der Waals surface area contributed by atoms with Gasteiger partial charge in [0.1, 0.15) is 0 Å². The Balaban J connectivity index is 1.46. The standard InChI is InChI=1S/C19H23N7O/c1-12-9-13(25-7-2-3-8-25)11-26(12)19(27)15-6-4-5-14-16(10-20-17(14)15)18-21-23-24-22-18/h4-6,10,12-13,20H,2-3,7-9,11H2,1H3,(H,21,22,23,24). The smallest absolute Gasteiger partial charge is 0.256 e. The molecule has 8 nitrogen and oxygen atoms in total. The maximum atomic E-state index is 13.4. The number of nitrogens with one attached hydrogen (secondary N) is 2. The van der Waals surface area contributed by atoms with Gasteiger partial charge < -0.3 is 9.88 Å². The third-order valence-electron chi connectivity index (χ3n) is 6.00. The Morgan fingerprint density at radius 3 is 2.89 bits per heavy atom. The molecule has 2 atom stereocenters. The minimum absolute atomic E-state index is 0.0938. The van der Waals surface area contributed by atoms with E-state index in [0.29, 0.717) is 17.4 Å². The zero-order valence-electron chi connectivity index (χ0n) is 15.4. The summed E-state index contributed by atoms with van der Waals surface area (Å²) in [6.07, 6.45) is 5.45. The van der Waals surface area contributed by atoms with Crippen LogP contribution in [0.1, 0.15) is 36.5 Å². The number of aromatic amines is 2. The summed E-state index contributed by atoms with van der Waals surface area (Å²) >= 11 is 0. The molecule has 2 unspecified atom stereocenters. The number of nitrogens with zero attached hydrogens (tertiary/aromatic N) is 5. The first-order chi connectivity index (χ1) is 13.2. The van der Waals surface area contributed by atoms with Crippen LogP contribution in [0.4, 0.5) is 0 Å². The fourth-order valence-corrected chi connectivity index (χ4v) is 4.61. The van der Waals surface area contributed by atoms with Crippen LogP contribution in [0.15, 0.2) is 24.4 Å². The quantitative estimate of drug-likeness (QED) is 0.741. The summed E-state index contributed by atoms with van der Waals surface area (Å²) in [5, 5.41) is 15.2. The van der Waals surface area contributed by atoms with Gasteiger partial charge in [-0.05, 0) is 50.6 Å². The van der Waals surface area contributed by atoms with Crippen LogP contribution in [-0.2, 0) is 0 Å². The lowest BCUT2D eigenvalue weighted by Crippen LogP contribution is -2.38. The fraction of sp³-hybridized carbons (Fsp3) is 0.474. The molecule has 4 heterocycles. The second-order valence-corrected chi connectivity index (χ2v) is 7.61. The first-order valence-electron chi connectivity index (χ1n) is 9.61.